The van der Waals surface area contributed by atoms with Crippen LogP contribution in [0.15, 0.2) is 36.7 Å². The van der Waals surface area contributed by atoms with Crippen LogP contribution in [0.5, 0.6) is 23.0 Å². The lowest BCUT2D eigenvalue weighted by atomic mass is 9.85. The van der Waals surface area contributed by atoms with E-state index in [1.807, 2.05) is 24.4 Å². The van der Waals surface area contributed by atoms with Gasteiger partial charge in [0.1, 0.15) is 11.5 Å². The molecule has 0 spiro atoms. The Morgan fingerprint density at radius 1 is 0.962 bits per heavy atom. The number of nitrogens with one attached hydrogen (secondary N) is 1. The Morgan fingerprint density at radius 2 is 1.73 bits per heavy atom. The molecule has 2 aliphatic rings. The maximum absolute atomic E-state index is 6.01. The van der Waals surface area contributed by atoms with Crippen LogP contribution in [0.1, 0.15) is 6.42 Å². The summed E-state index contributed by atoms with van der Waals surface area (Å²) in [6.45, 7) is 4.38. The van der Waals surface area contributed by atoms with Gasteiger partial charge in [-0.15, -0.1) is 0 Å². The third kappa shape index (κ3) is 3.55. The summed E-state index contributed by atoms with van der Waals surface area (Å²) < 4.78 is 16.6. The molecule has 2 atom stereocenters. The van der Waals surface area contributed by atoms with Crippen LogP contribution in [0.2, 0.25) is 0 Å². The molecule has 2 saturated heterocycles. The van der Waals surface area contributed by atoms with Crippen molar-refractivity contribution in [2.45, 2.75) is 6.42 Å². The van der Waals surface area contributed by atoms with Crippen molar-refractivity contribution in [1.29, 1.82) is 0 Å². The number of nitrogens with zero attached hydrogens (tertiary/aromatic N) is 2. The largest absolute Gasteiger partial charge is 0.493 e. The summed E-state index contributed by atoms with van der Waals surface area (Å²) in [5, 5.41) is 3.53. The van der Waals surface area contributed by atoms with Gasteiger partial charge in [0.15, 0.2) is 11.5 Å². The number of fused-ring (bicyclic) bond motifs is 2. The zero-order chi connectivity index (χ0) is 17.9. The molecule has 138 valence electrons. The van der Waals surface area contributed by atoms with Gasteiger partial charge < -0.3 is 24.4 Å². The van der Waals surface area contributed by atoms with E-state index in [1.165, 1.54) is 6.42 Å². The van der Waals surface area contributed by atoms with Crippen LogP contribution in [0, 0.1) is 11.8 Å². The Morgan fingerprint density at radius 3 is 2.46 bits per heavy atom. The second-order valence-electron chi connectivity index (χ2n) is 7.03. The molecule has 6 nitrogen and oxygen atoms in total. The minimum Gasteiger partial charge on any atom is -0.493 e. The summed E-state index contributed by atoms with van der Waals surface area (Å²) >= 11 is 0. The van der Waals surface area contributed by atoms with Crippen molar-refractivity contribution in [3.05, 3.63) is 36.7 Å². The number of benzene rings is 1. The van der Waals surface area contributed by atoms with E-state index in [-0.39, 0.29) is 0 Å². The predicted octanol–water partition coefficient (Wildman–Crippen LogP) is 2.94. The molecule has 0 amide bonds. The van der Waals surface area contributed by atoms with Crippen molar-refractivity contribution < 1.29 is 14.2 Å². The standard InChI is InChI=1S/C20H25N3O3/c1-24-19-4-3-17(7-20(19)25-2)26-18-6-16(10-22-11-18)23-12-14-5-15(13-23)9-21-8-14/h3-4,6-7,10-11,14-15,21H,5,8-9,12-13H2,1-2H3. The van der Waals surface area contributed by atoms with E-state index in [9.17, 15) is 0 Å². The van der Waals surface area contributed by atoms with E-state index < -0.39 is 0 Å². The van der Waals surface area contributed by atoms with Crippen molar-refractivity contribution in [3.63, 3.8) is 0 Å². The van der Waals surface area contributed by atoms with Gasteiger partial charge in [-0.05, 0) is 43.5 Å². The number of rotatable bonds is 5. The van der Waals surface area contributed by atoms with Gasteiger partial charge in [-0.2, -0.15) is 0 Å². The van der Waals surface area contributed by atoms with E-state index >= 15 is 0 Å². The Bertz CT molecular complexity index is 756. The van der Waals surface area contributed by atoms with Crippen LogP contribution in [-0.4, -0.2) is 45.4 Å². The summed E-state index contributed by atoms with van der Waals surface area (Å²) in [4.78, 5) is 6.83. The molecule has 0 aliphatic carbocycles. The maximum Gasteiger partial charge on any atom is 0.164 e. The molecule has 6 heteroatoms. The van der Waals surface area contributed by atoms with Gasteiger partial charge in [0, 0.05) is 25.2 Å². The normalized spacial score (nSPS) is 22.0. The van der Waals surface area contributed by atoms with Gasteiger partial charge >= 0.3 is 0 Å². The Kier molecular flexibility index (Phi) is 4.84. The van der Waals surface area contributed by atoms with E-state index in [0.717, 1.165) is 49.5 Å². The first-order valence-electron chi connectivity index (χ1n) is 9.05. The molecule has 1 aromatic carbocycles. The van der Waals surface area contributed by atoms with E-state index in [2.05, 4.69) is 21.3 Å². The van der Waals surface area contributed by atoms with Crippen LogP contribution < -0.4 is 24.4 Å². The highest BCUT2D eigenvalue weighted by molar-refractivity contribution is 5.51. The average Bonchev–Trinajstić information content (AvgIpc) is 2.68. The SMILES string of the molecule is COc1ccc(Oc2cncc(N3CC4CNCC(C4)C3)c2)cc1OC. The summed E-state index contributed by atoms with van der Waals surface area (Å²) in [5.74, 6) is 4.19. The van der Waals surface area contributed by atoms with Crippen LogP contribution >= 0.6 is 0 Å². The highest BCUT2D eigenvalue weighted by Crippen LogP contribution is 2.34. The molecule has 0 saturated carbocycles. The zero-order valence-electron chi connectivity index (χ0n) is 15.3. The van der Waals surface area contributed by atoms with Crippen LogP contribution in [0.25, 0.3) is 0 Å². The van der Waals surface area contributed by atoms with Crippen molar-refractivity contribution in [2.24, 2.45) is 11.8 Å². The highest BCUT2D eigenvalue weighted by atomic mass is 16.5. The maximum atomic E-state index is 6.01. The third-order valence-electron chi connectivity index (χ3n) is 5.14. The summed E-state index contributed by atoms with van der Waals surface area (Å²) in [6.07, 6.45) is 5.00. The summed E-state index contributed by atoms with van der Waals surface area (Å²) in [5.41, 5.74) is 1.12. The van der Waals surface area contributed by atoms with Gasteiger partial charge in [0.25, 0.3) is 0 Å². The number of piperidine rings is 2. The first-order chi connectivity index (χ1) is 12.7. The zero-order valence-corrected chi connectivity index (χ0v) is 15.3. The van der Waals surface area contributed by atoms with Crippen LogP contribution in [0.4, 0.5) is 5.69 Å². The van der Waals surface area contributed by atoms with Crippen molar-refractivity contribution in [1.82, 2.24) is 10.3 Å². The van der Waals surface area contributed by atoms with Crippen molar-refractivity contribution in [2.75, 3.05) is 45.3 Å². The molecule has 1 aromatic heterocycles. The van der Waals surface area contributed by atoms with Gasteiger partial charge in [-0.3, -0.25) is 4.98 Å². The Labute approximate surface area is 154 Å². The lowest BCUT2D eigenvalue weighted by Gasteiger charge is -2.42. The van der Waals surface area contributed by atoms with E-state index in [0.29, 0.717) is 17.2 Å². The second kappa shape index (κ2) is 7.41. The molecule has 2 unspecified atom stereocenters. The smallest absolute Gasteiger partial charge is 0.164 e. The number of aromatic nitrogens is 1. The molecule has 2 aromatic rings. The number of ether oxygens (including phenoxy) is 3. The van der Waals surface area contributed by atoms with Crippen LogP contribution in [-0.2, 0) is 0 Å². The number of anilines is 1. The molecule has 3 heterocycles. The molecular weight excluding hydrogens is 330 g/mol. The number of pyridine rings is 1. The molecule has 2 bridgehead atoms. The van der Waals surface area contributed by atoms with Gasteiger partial charge in [-0.25, -0.2) is 0 Å². The molecule has 2 aliphatic heterocycles. The molecule has 0 radical (unpaired) electrons. The monoisotopic (exact) mass is 355 g/mol. The van der Waals surface area contributed by atoms with Crippen molar-refractivity contribution in [3.8, 4) is 23.0 Å². The molecule has 26 heavy (non-hydrogen) atoms. The van der Waals surface area contributed by atoms with Gasteiger partial charge in [0.2, 0.25) is 0 Å². The van der Waals surface area contributed by atoms with Gasteiger partial charge in [0.05, 0.1) is 32.3 Å². The molecule has 4 rings (SSSR count). The minimum atomic E-state index is 0.644. The highest BCUT2D eigenvalue weighted by Gasteiger charge is 2.30. The Balaban J connectivity index is 1.51. The molecule has 2 fully saturated rings. The second-order valence-corrected chi connectivity index (χ2v) is 7.03. The van der Waals surface area contributed by atoms with E-state index in [4.69, 9.17) is 14.2 Å². The summed E-state index contributed by atoms with van der Waals surface area (Å²) in [7, 11) is 3.24. The lowest BCUT2D eigenvalue weighted by molar-refractivity contribution is 0.249. The quantitative estimate of drug-likeness (QED) is 0.890. The first-order valence-corrected chi connectivity index (χ1v) is 9.05. The summed E-state index contributed by atoms with van der Waals surface area (Å²) in [6, 6.07) is 7.59. The molecular formula is C20H25N3O3. The topological polar surface area (TPSA) is 55.9 Å². The fraction of sp³-hybridized carbons (Fsp3) is 0.450. The van der Waals surface area contributed by atoms with Crippen molar-refractivity contribution >= 4 is 5.69 Å². The number of methoxy groups -OCH3 is 2. The molecule has 1 N–H and O–H groups in total. The first kappa shape index (κ1) is 17.0. The minimum absolute atomic E-state index is 0.644. The number of hydrogen-bond acceptors (Lipinski definition) is 6. The fourth-order valence-corrected chi connectivity index (χ4v) is 3.97. The average molecular weight is 355 g/mol. The number of hydrogen-bond donors (Lipinski definition) is 1. The fourth-order valence-electron chi connectivity index (χ4n) is 3.97. The third-order valence-corrected chi connectivity index (χ3v) is 5.14. The van der Waals surface area contributed by atoms with Crippen LogP contribution in [0.3, 0.4) is 0 Å². The van der Waals surface area contributed by atoms with E-state index in [1.54, 1.807) is 20.4 Å². The predicted molar refractivity (Wildman–Crippen MR) is 101 cm³/mol. The Hall–Kier alpha value is -2.47. The van der Waals surface area contributed by atoms with Gasteiger partial charge in [-0.1, -0.05) is 0 Å². The lowest BCUT2D eigenvalue weighted by Crippen LogP contribution is -2.51.